The van der Waals surface area contributed by atoms with E-state index in [0.29, 0.717) is 5.82 Å². The molecule has 2 aromatic rings. The first-order valence-corrected chi connectivity index (χ1v) is 7.15. The van der Waals surface area contributed by atoms with Crippen LogP contribution in [0.4, 0.5) is 11.5 Å². The molecule has 9 heteroatoms. The molecule has 1 aromatic heterocycles. The van der Waals surface area contributed by atoms with E-state index in [0.717, 1.165) is 26.2 Å². The van der Waals surface area contributed by atoms with Gasteiger partial charge in [0.15, 0.2) is 11.5 Å². The molecule has 1 aliphatic rings. The van der Waals surface area contributed by atoms with Gasteiger partial charge in [-0.3, -0.25) is 10.1 Å². The fourth-order valence-electron chi connectivity index (χ4n) is 2.50. The van der Waals surface area contributed by atoms with Gasteiger partial charge in [-0.25, -0.2) is 0 Å². The number of nitriles is 1. The summed E-state index contributed by atoms with van der Waals surface area (Å²) in [6.45, 7) is 3.20. The Labute approximate surface area is 132 Å². The summed E-state index contributed by atoms with van der Waals surface area (Å²) in [7, 11) is 2.03. The highest BCUT2D eigenvalue weighted by molar-refractivity contribution is 5.54. The normalized spacial score (nSPS) is 15.4. The third-order valence-electron chi connectivity index (χ3n) is 3.80. The largest absolute Gasteiger partial charge is 0.350 e. The van der Waals surface area contributed by atoms with Crippen LogP contribution in [-0.4, -0.2) is 58.0 Å². The molecule has 0 unspecified atom stereocenters. The summed E-state index contributed by atoms with van der Waals surface area (Å²) in [6, 6.07) is 8.23. The standard InChI is InChI=1S/C14H15N7O2/c1-18-6-8-19(9-7-18)14-11(10-15)16-20(17-14)12-4-2-3-5-13(12)21(22)23/h2-5H,6-9H2,1H3. The molecule has 118 valence electrons. The maximum Gasteiger partial charge on any atom is 0.296 e. The van der Waals surface area contributed by atoms with Crippen LogP contribution in [0.3, 0.4) is 0 Å². The summed E-state index contributed by atoms with van der Waals surface area (Å²) in [5, 5.41) is 28.9. The van der Waals surface area contributed by atoms with Gasteiger partial charge in [0.05, 0.1) is 4.92 Å². The van der Waals surface area contributed by atoms with Gasteiger partial charge in [-0.15, -0.1) is 15.0 Å². The zero-order chi connectivity index (χ0) is 16.4. The summed E-state index contributed by atoms with van der Waals surface area (Å²) in [4.78, 5) is 16.0. The molecule has 1 aliphatic heterocycles. The third kappa shape index (κ3) is 2.84. The molecule has 0 bridgehead atoms. The van der Waals surface area contributed by atoms with Gasteiger partial charge in [0.1, 0.15) is 6.07 Å². The lowest BCUT2D eigenvalue weighted by Crippen LogP contribution is -2.45. The number of aromatic nitrogens is 3. The first kappa shape index (κ1) is 14.9. The number of likely N-dealkylation sites (N-methyl/N-ethyl adjacent to an activating group) is 1. The summed E-state index contributed by atoms with van der Waals surface area (Å²) in [6.07, 6.45) is 0. The quantitative estimate of drug-likeness (QED) is 0.609. The van der Waals surface area contributed by atoms with E-state index in [1.54, 1.807) is 18.2 Å². The second-order valence-electron chi connectivity index (χ2n) is 5.31. The van der Waals surface area contributed by atoms with Crippen LogP contribution < -0.4 is 4.90 Å². The number of anilines is 1. The maximum absolute atomic E-state index is 11.1. The average Bonchev–Trinajstić information content (AvgIpc) is 2.99. The van der Waals surface area contributed by atoms with Gasteiger partial charge in [0.25, 0.3) is 5.69 Å². The third-order valence-corrected chi connectivity index (χ3v) is 3.80. The predicted molar refractivity (Wildman–Crippen MR) is 82.4 cm³/mol. The zero-order valence-corrected chi connectivity index (χ0v) is 12.6. The Morgan fingerprint density at radius 2 is 1.91 bits per heavy atom. The SMILES string of the molecule is CN1CCN(c2nn(-c3ccccc3[N+](=O)[O-])nc2C#N)CC1. The van der Waals surface area contributed by atoms with Gasteiger partial charge in [-0.1, -0.05) is 12.1 Å². The number of nitro groups is 1. The molecule has 23 heavy (non-hydrogen) atoms. The first-order valence-electron chi connectivity index (χ1n) is 7.15. The minimum atomic E-state index is -0.486. The number of hydrogen-bond acceptors (Lipinski definition) is 7. The minimum absolute atomic E-state index is 0.100. The molecule has 9 nitrogen and oxygen atoms in total. The fraction of sp³-hybridized carbons (Fsp3) is 0.357. The minimum Gasteiger partial charge on any atom is -0.350 e. The van der Waals surface area contributed by atoms with Crippen LogP contribution in [-0.2, 0) is 0 Å². The monoisotopic (exact) mass is 313 g/mol. The van der Waals surface area contributed by atoms with E-state index in [1.165, 1.54) is 10.9 Å². The van der Waals surface area contributed by atoms with E-state index >= 15 is 0 Å². The molecule has 3 rings (SSSR count). The number of piperazine rings is 1. The van der Waals surface area contributed by atoms with Gasteiger partial charge in [-0.05, 0) is 13.1 Å². The van der Waals surface area contributed by atoms with E-state index < -0.39 is 4.92 Å². The highest BCUT2D eigenvalue weighted by Crippen LogP contribution is 2.24. The molecule has 0 amide bonds. The molecule has 1 aromatic carbocycles. The van der Waals surface area contributed by atoms with E-state index in [1.807, 2.05) is 18.0 Å². The second kappa shape index (κ2) is 6.02. The van der Waals surface area contributed by atoms with Crippen LogP contribution in [0.2, 0.25) is 0 Å². The van der Waals surface area contributed by atoms with Crippen molar-refractivity contribution in [3.8, 4) is 11.8 Å². The van der Waals surface area contributed by atoms with Crippen LogP contribution in [0.5, 0.6) is 0 Å². The lowest BCUT2D eigenvalue weighted by atomic mass is 10.3. The highest BCUT2D eigenvalue weighted by atomic mass is 16.6. The molecule has 0 saturated carbocycles. The average molecular weight is 313 g/mol. The number of nitrogens with zero attached hydrogens (tertiary/aromatic N) is 7. The van der Waals surface area contributed by atoms with Crippen molar-refractivity contribution in [1.29, 1.82) is 5.26 Å². The molecule has 1 saturated heterocycles. The molecule has 0 radical (unpaired) electrons. The lowest BCUT2D eigenvalue weighted by molar-refractivity contribution is -0.384. The molecular weight excluding hydrogens is 298 g/mol. The molecule has 0 spiro atoms. The van der Waals surface area contributed by atoms with Crippen molar-refractivity contribution in [2.24, 2.45) is 0 Å². The van der Waals surface area contributed by atoms with Crippen LogP contribution >= 0.6 is 0 Å². The topological polar surface area (TPSA) is 104 Å². The molecule has 0 N–H and O–H groups in total. The van der Waals surface area contributed by atoms with Crippen molar-refractivity contribution in [2.75, 3.05) is 38.1 Å². The Balaban J connectivity index is 2.00. The van der Waals surface area contributed by atoms with Crippen molar-refractivity contribution in [2.45, 2.75) is 0 Å². The highest BCUT2D eigenvalue weighted by Gasteiger charge is 2.24. The number of benzene rings is 1. The van der Waals surface area contributed by atoms with Crippen LogP contribution in [0.15, 0.2) is 24.3 Å². The summed E-state index contributed by atoms with van der Waals surface area (Å²) in [5.41, 5.74) is 0.319. The molecule has 0 atom stereocenters. The van der Waals surface area contributed by atoms with E-state index in [2.05, 4.69) is 15.1 Å². The Morgan fingerprint density at radius 1 is 1.22 bits per heavy atom. The Morgan fingerprint density at radius 3 is 2.57 bits per heavy atom. The van der Waals surface area contributed by atoms with Crippen molar-refractivity contribution in [1.82, 2.24) is 19.9 Å². The number of hydrogen-bond donors (Lipinski definition) is 0. The molecule has 1 fully saturated rings. The first-order chi connectivity index (χ1) is 11.1. The molecule has 2 heterocycles. The number of rotatable bonds is 3. The Hall–Kier alpha value is -2.99. The number of nitro benzene ring substituents is 1. The predicted octanol–water partition coefficient (Wildman–Crippen LogP) is 0.799. The van der Waals surface area contributed by atoms with Crippen molar-refractivity contribution < 1.29 is 4.92 Å². The molecule has 0 aliphatic carbocycles. The van der Waals surface area contributed by atoms with E-state index in [4.69, 9.17) is 0 Å². The molecular formula is C14H15N7O2. The van der Waals surface area contributed by atoms with Crippen LogP contribution in [0.25, 0.3) is 5.69 Å². The van der Waals surface area contributed by atoms with Gasteiger partial charge in [0, 0.05) is 32.2 Å². The van der Waals surface area contributed by atoms with Gasteiger partial charge < -0.3 is 9.80 Å². The van der Waals surface area contributed by atoms with Gasteiger partial charge in [0.2, 0.25) is 5.69 Å². The maximum atomic E-state index is 11.1. The summed E-state index contributed by atoms with van der Waals surface area (Å²) < 4.78 is 0. The van der Waals surface area contributed by atoms with Crippen molar-refractivity contribution in [3.05, 3.63) is 40.1 Å². The van der Waals surface area contributed by atoms with Crippen LogP contribution in [0.1, 0.15) is 5.69 Å². The zero-order valence-electron chi connectivity index (χ0n) is 12.6. The van der Waals surface area contributed by atoms with Gasteiger partial charge in [-0.2, -0.15) is 5.26 Å². The second-order valence-corrected chi connectivity index (χ2v) is 5.31. The van der Waals surface area contributed by atoms with Crippen molar-refractivity contribution >= 4 is 11.5 Å². The fourth-order valence-corrected chi connectivity index (χ4v) is 2.50. The summed E-state index contributed by atoms with van der Waals surface area (Å²) in [5.74, 6) is 0.471. The van der Waals surface area contributed by atoms with Crippen molar-refractivity contribution in [3.63, 3.8) is 0 Å². The van der Waals surface area contributed by atoms with Gasteiger partial charge >= 0.3 is 0 Å². The van der Waals surface area contributed by atoms with E-state index in [9.17, 15) is 15.4 Å². The Kier molecular flexibility index (Phi) is 3.91. The lowest BCUT2D eigenvalue weighted by Gasteiger charge is -2.32. The smallest absolute Gasteiger partial charge is 0.296 e. The number of para-hydroxylation sites is 2. The van der Waals surface area contributed by atoms with Crippen LogP contribution in [0, 0.1) is 21.4 Å². The summed E-state index contributed by atoms with van der Waals surface area (Å²) >= 11 is 0. The Bertz CT molecular complexity index is 772. The van der Waals surface area contributed by atoms with E-state index in [-0.39, 0.29) is 17.1 Å².